The molecule has 0 radical (unpaired) electrons. The molecule has 256 valence electrons. The summed E-state index contributed by atoms with van der Waals surface area (Å²) in [4.78, 5) is 43.7. The Hall–Kier alpha value is -4.17. The van der Waals surface area contributed by atoms with Crippen LogP contribution in [0.2, 0.25) is 0 Å². The van der Waals surface area contributed by atoms with E-state index in [4.69, 9.17) is 9.47 Å². The number of nitrogens with zero attached hydrogens (tertiary/aromatic N) is 1. The summed E-state index contributed by atoms with van der Waals surface area (Å²) in [5.41, 5.74) is 6.81. The minimum atomic E-state index is -0.533. The van der Waals surface area contributed by atoms with Crippen LogP contribution in [0, 0.1) is 17.8 Å². The monoisotopic (exact) mass is 724 g/mol. The van der Waals surface area contributed by atoms with Gasteiger partial charge in [-0.25, -0.2) is 0 Å². The zero-order chi connectivity index (χ0) is 35.1. The fraction of sp³-hybridized carbons (Fsp3) is 0.390. The minimum absolute atomic E-state index is 0.0772. The number of aryl methyl sites for hydroxylation is 1. The van der Waals surface area contributed by atoms with Gasteiger partial charge in [0.1, 0.15) is 0 Å². The smallest absolute Gasteiger partial charge is 0.262 e. The molecule has 1 amide bonds. The molecular formula is C41H45BrN2O5. The molecular weight excluding hydrogens is 680 g/mol. The third-order valence-electron chi connectivity index (χ3n) is 9.76. The summed E-state index contributed by atoms with van der Waals surface area (Å²) >= 11 is 3.69. The number of halogens is 1. The molecule has 0 saturated heterocycles. The molecule has 7 nitrogen and oxygen atoms in total. The minimum Gasteiger partial charge on any atom is -0.493 e. The van der Waals surface area contributed by atoms with Crippen LogP contribution in [0.25, 0.3) is 0 Å². The molecule has 1 heterocycles. The van der Waals surface area contributed by atoms with Gasteiger partial charge in [-0.05, 0) is 88.3 Å². The van der Waals surface area contributed by atoms with Crippen LogP contribution in [-0.2, 0) is 20.8 Å². The van der Waals surface area contributed by atoms with E-state index in [0.717, 1.165) is 41.8 Å². The highest BCUT2D eigenvalue weighted by molar-refractivity contribution is 9.10. The van der Waals surface area contributed by atoms with Gasteiger partial charge in [-0.1, -0.05) is 75.7 Å². The van der Waals surface area contributed by atoms with E-state index >= 15 is 0 Å². The molecule has 0 spiro atoms. The largest absolute Gasteiger partial charge is 0.493 e. The van der Waals surface area contributed by atoms with Gasteiger partial charge in [0.2, 0.25) is 0 Å². The fourth-order valence-electron chi connectivity index (χ4n) is 7.55. The second kappa shape index (κ2) is 13.6. The molecule has 1 aliphatic heterocycles. The van der Waals surface area contributed by atoms with Crippen molar-refractivity contribution in [2.45, 2.75) is 72.6 Å². The molecule has 1 N–H and O–H groups in total. The molecule has 0 atom stereocenters. The summed E-state index contributed by atoms with van der Waals surface area (Å²) in [6.07, 6.45) is 3.09. The van der Waals surface area contributed by atoms with Crippen LogP contribution in [0.4, 0.5) is 5.69 Å². The van der Waals surface area contributed by atoms with Crippen molar-refractivity contribution in [2.24, 2.45) is 10.8 Å². The van der Waals surface area contributed by atoms with Gasteiger partial charge in [0.25, 0.3) is 5.91 Å². The Bertz CT molecular complexity index is 1800. The lowest BCUT2D eigenvalue weighted by Gasteiger charge is -2.49. The predicted octanol–water partition coefficient (Wildman–Crippen LogP) is 8.71. The molecule has 3 aromatic carbocycles. The molecule has 0 fully saturated rings. The highest BCUT2D eigenvalue weighted by Crippen LogP contribution is 2.55. The number of allylic oxidation sites excluding steroid dienone is 4. The van der Waals surface area contributed by atoms with Gasteiger partial charge in [0, 0.05) is 53.5 Å². The van der Waals surface area contributed by atoms with Crippen molar-refractivity contribution < 1.29 is 23.9 Å². The van der Waals surface area contributed by atoms with Crippen molar-refractivity contribution in [2.75, 3.05) is 25.6 Å². The van der Waals surface area contributed by atoms with Crippen molar-refractivity contribution in [1.82, 2.24) is 4.90 Å². The Labute approximate surface area is 297 Å². The summed E-state index contributed by atoms with van der Waals surface area (Å²) in [5, 5.41) is 2.86. The Morgan fingerprint density at radius 2 is 1.47 bits per heavy atom. The number of carbonyl (C=O) groups excluding carboxylic acids is 3. The summed E-state index contributed by atoms with van der Waals surface area (Å²) < 4.78 is 12.4. The van der Waals surface area contributed by atoms with Crippen molar-refractivity contribution in [3.8, 4) is 11.5 Å². The number of ether oxygens (including phenoxy) is 2. The van der Waals surface area contributed by atoms with Gasteiger partial charge in [-0.15, -0.1) is 0 Å². The van der Waals surface area contributed by atoms with Crippen LogP contribution in [0.3, 0.4) is 0 Å². The van der Waals surface area contributed by atoms with Crippen LogP contribution in [-0.4, -0.2) is 42.6 Å². The Balaban J connectivity index is 1.40. The molecule has 0 saturated carbocycles. The molecule has 2 aliphatic carbocycles. The predicted molar refractivity (Wildman–Crippen MR) is 196 cm³/mol. The second-order valence-electron chi connectivity index (χ2n) is 15.2. The Morgan fingerprint density at radius 1 is 0.878 bits per heavy atom. The van der Waals surface area contributed by atoms with E-state index in [-0.39, 0.29) is 34.9 Å². The van der Waals surface area contributed by atoms with Crippen LogP contribution in [0.5, 0.6) is 11.5 Å². The third kappa shape index (κ3) is 7.40. The Kier molecular flexibility index (Phi) is 9.64. The summed E-state index contributed by atoms with van der Waals surface area (Å²) in [5.74, 6) is 0.104. The van der Waals surface area contributed by atoms with Crippen LogP contribution in [0.15, 0.2) is 93.7 Å². The average molecular weight is 726 g/mol. The quantitative estimate of drug-likeness (QED) is 0.238. The van der Waals surface area contributed by atoms with E-state index in [1.54, 1.807) is 7.11 Å². The van der Waals surface area contributed by atoms with E-state index in [1.165, 1.54) is 5.56 Å². The highest BCUT2D eigenvalue weighted by atomic mass is 79.9. The molecule has 0 bridgehead atoms. The van der Waals surface area contributed by atoms with Crippen molar-refractivity contribution >= 4 is 39.1 Å². The number of nitrogens with one attached hydrogen (secondary N) is 1. The first-order valence-corrected chi connectivity index (χ1v) is 17.8. The van der Waals surface area contributed by atoms with Crippen LogP contribution < -0.4 is 14.8 Å². The molecule has 8 heteroatoms. The SMILES string of the molecule is COc1cc(C2C3=C(CC(C)(C)CC3=O)N(CCc3ccccc3)C3=C2C(=O)CC(C)(C)C3)cc(Br)c1OCC(=O)Nc1ccc(C)cc1. The second-order valence-corrected chi connectivity index (χ2v) is 16.0. The van der Waals surface area contributed by atoms with E-state index < -0.39 is 5.92 Å². The van der Waals surface area contributed by atoms with Crippen molar-refractivity contribution in [1.29, 1.82) is 0 Å². The number of rotatable bonds is 9. The van der Waals surface area contributed by atoms with Gasteiger partial charge in [0.15, 0.2) is 29.7 Å². The molecule has 3 aliphatic rings. The van der Waals surface area contributed by atoms with Gasteiger partial charge in [-0.3, -0.25) is 14.4 Å². The first-order valence-electron chi connectivity index (χ1n) is 17.0. The van der Waals surface area contributed by atoms with Crippen LogP contribution in [0.1, 0.15) is 76.0 Å². The number of hydrogen-bond donors (Lipinski definition) is 1. The summed E-state index contributed by atoms with van der Waals surface area (Å²) in [6.45, 7) is 11.1. The zero-order valence-corrected chi connectivity index (χ0v) is 30.8. The van der Waals surface area contributed by atoms with Crippen LogP contribution >= 0.6 is 15.9 Å². The molecule has 0 aromatic heterocycles. The first kappa shape index (κ1) is 34.7. The first-order chi connectivity index (χ1) is 23.2. The van der Waals surface area contributed by atoms with E-state index in [2.05, 4.69) is 66.0 Å². The number of ketones is 2. The third-order valence-corrected chi connectivity index (χ3v) is 10.3. The normalized spacial score (nSPS) is 18.6. The lowest BCUT2D eigenvalue weighted by molar-refractivity contribution is -0.120. The maximum absolute atomic E-state index is 14.3. The van der Waals surface area contributed by atoms with E-state index in [9.17, 15) is 14.4 Å². The highest BCUT2D eigenvalue weighted by Gasteiger charge is 2.49. The van der Waals surface area contributed by atoms with Crippen molar-refractivity contribution in [3.63, 3.8) is 0 Å². The van der Waals surface area contributed by atoms with Gasteiger partial charge in [0.05, 0.1) is 11.6 Å². The molecule has 3 aromatic rings. The number of methoxy groups -OCH3 is 1. The number of Topliss-reactive ketones (excluding diaryl/α,β-unsaturated/α-hetero) is 2. The summed E-state index contributed by atoms with van der Waals surface area (Å²) in [7, 11) is 1.55. The fourth-order valence-corrected chi connectivity index (χ4v) is 8.13. The number of amides is 1. The van der Waals surface area contributed by atoms with Crippen molar-refractivity contribution in [3.05, 3.63) is 110 Å². The van der Waals surface area contributed by atoms with E-state index in [1.807, 2.05) is 61.5 Å². The Morgan fingerprint density at radius 3 is 2.04 bits per heavy atom. The van der Waals surface area contributed by atoms with Gasteiger partial charge >= 0.3 is 0 Å². The standard InChI is InChI=1S/C41H45BrN2O5/c1-25-12-14-28(15-13-25)43-35(47)24-49-39-29(42)18-27(19-34(39)48-6)36-37-30(20-40(2,3)22-32(37)45)44(17-16-26-10-8-7-9-11-26)31-21-41(4,5)23-33(46)38(31)36/h7-15,18-19,36H,16-17,20-24H2,1-6H3,(H,43,47). The van der Waals surface area contributed by atoms with E-state index in [0.29, 0.717) is 52.2 Å². The molecule has 6 rings (SSSR count). The number of hydrogen-bond acceptors (Lipinski definition) is 6. The van der Waals surface area contributed by atoms with Gasteiger partial charge in [-0.2, -0.15) is 0 Å². The summed E-state index contributed by atoms with van der Waals surface area (Å²) in [6, 6.07) is 21.7. The maximum Gasteiger partial charge on any atom is 0.262 e. The number of benzene rings is 3. The lowest BCUT2D eigenvalue weighted by atomic mass is 9.63. The zero-order valence-electron chi connectivity index (χ0n) is 29.2. The number of carbonyl (C=O) groups is 3. The average Bonchev–Trinajstić information content (AvgIpc) is 3.03. The van der Waals surface area contributed by atoms with Gasteiger partial charge < -0.3 is 19.7 Å². The molecule has 49 heavy (non-hydrogen) atoms. The lowest BCUT2D eigenvalue weighted by Crippen LogP contribution is -2.45. The maximum atomic E-state index is 14.3. The number of anilines is 1. The molecule has 0 unspecified atom stereocenters. The topological polar surface area (TPSA) is 84.9 Å².